The quantitative estimate of drug-likeness (QED) is 0.863. The second-order valence-electron chi connectivity index (χ2n) is 5.23. The molecule has 0 heterocycles. The van der Waals surface area contributed by atoms with Gasteiger partial charge in [0.25, 0.3) is 0 Å². The van der Waals surface area contributed by atoms with Crippen molar-refractivity contribution >= 4 is 0 Å². The monoisotopic (exact) mass is 253 g/mol. The van der Waals surface area contributed by atoms with Crippen LogP contribution in [0.5, 0.6) is 0 Å². The van der Waals surface area contributed by atoms with Crippen LogP contribution in [0.2, 0.25) is 0 Å². The van der Waals surface area contributed by atoms with Crippen molar-refractivity contribution in [3.05, 3.63) is 35.4 Å². The molecule has 2 rings (SSSR count). The zero-order valence-electron chi connectivity index (χ0n) is 10.9. The lowest BCUT2D eigenvalue weighted by molar-refractivity contribution is 0.285. The predicted octanol–water partition coefficient (Wildman–Crippen LogP) is 3.68. The van der Waals surface area contributed by atoms with Gasteiger partial charge in [0.15, 0.2) is 0 Å². The SMILES string of the molecule is CCNC1CCCC(Cc2ccc(F)cc2F)C1. The summed E-state index contributed by atoms with van der Waals surface area (Å²) in [6.45, 7) is 3.10. The average molecular weight is 253 g/mol. The highest BCUT2D eigenvalue weighted by Gasteiger charge is 2.22. The molecule has 0 aliphatic heterocycles. The Kier molecular flexibility index (Phi) is 4.70. The molecule has 1 nitrogen and oxygen atoms in total. The Morgan fingerprint density at radius 1 is 1.28 bits per heavy atom. The van der Waals surface area contributed by atoms with E-state index in [-0.39, 0.29) is 0 Å². The summed E-state index contributed by atoms with van der Waals surface area (Å²) in [5, 5.41) is 3.47. The van der Waals surface area contributed by atoms with Gasteiger partial charge in [-0.25, -0.2) is 8.78 Å². The zero-order valence-corrected chi connectivity index (χ0v) is 10.9. The van der Waals surface area contributed by atoms with Gasteiger partial charge in [-0.1, -0.05) is 25.8 Å². The van der Waals surface area contributed by atoms with Gasteiger partial charge in [-0.05, 0) is 43.4 Å². The first-order chi connectivity index (χ1) is 8.69. The van der Waals surface area contributed by atoms with Gasteiger partial charge in [-0.3, -0.25) is 0 Å². The second-order valence-corrected chi connectivity index (χ2v) is 5.23. The Balaban J connectivity index is 1.96. The van der Waals surface area contributed by atoms with Crippen molar-refractivity contribution in [2.45, 2.75) is 45.1 Å². The molecule has 1 aromatic carbocycles. The van der Waals surface area contributed by atoms with Gasteiger partial charge in [-0.2, -0.15) is 0 Å². The molecular formula is C15H21F2N. The van der Waals surface area contributed by atoms with Crippen molar-refractivity contribution in [2.75, 3.05) is 6.54 Å². The normalized spacial score (nSPS) is 24.2. The molecule has 1 fully saturated rings. The van der Waals surface area contributed by atoms with E-state index in [9.17, 15) is 8.78 Å². The van der Waals surface area contributed by atoms with Crippen LogP contribution in [0.3, 0.4) is 0 Å². The van der Waals surface area contributed by atoms with Gasteiger partial charge >= 0.3 is 0 Å². The van der Waals surface area contributed by atoms with Crippen molar-refractivity contribution in [3.8, 4) is 0 Å². The summed E-state index contributed by atoms with van der Waals surface area (Å²) in [5.41, 5.74) is 0.651. The van der Waals surface area contributed by atoms with Gasteiger partial charge in [0.2, 0.25) is 0 Å². The second kappa shape index (κ2) is 6.28. The molecular weight excluding hydrogens is 232 g/mol. The lowest BCUT2D eigenvalue weighted by atomic mass is 9.82. The van der Waals surface area contributed by atoms with Gasteiger partial charge in [-0.15, -0.1) is 0 Å². The summed E-state index contributed by atoms with van der Waals surface area (Å²) in [7, 11) is 0. The minimum atomic E-state index is -0.495. The van der Waals surface area contributed by atoms with E-state index in [1.807, 2.05) is 0 Å². The Hall–Kier alpha value is -0.960. The summed E-state index contributed by atoms with van der Waals surface area (Å²) in [6.07, 6.45) is 5.40. The van der Waals surface area contributed by atoms with E-state index in [4.69, 9.17) is 0 Å². The number of benzene rings is 1. The average Bonchev–Trinajstić information content (AvgIpc) is 2.34. The molecule has 0 radical (unpaired) electrons. The molecule has 0 spiro atoms. The van der Waals surface area contributed by atoms with Crippen LogP contribution in [0.25, 0.3) is 0 Å². The number of hydrogen-bond acceptors (Lipinski definition) is 1. The summed E-state index contributed by atoms with van der Waals surface area (Å²) in [4.78, 5) is 0. The summed E-state index contributed by atoms with van der Waals surface area (Å²) >= 11 is 0. The van der Waals surface area contributed by atoms with Gasteiger partial charge in [0, 0.05) is 12.1 Å². The highest BCUT2D eigenvalue weighted by molar-refractivity contribution is 5.19. The van der Waals surface area contributed by atoms with E-state index in [2.05, 4.69) is 12.2 Å². The maximum Gasteiger partial charge on any atom is 0.129 e. The molecule has 2 atom stereocenters. The van der Waals surface area contributed by atoms with Crippen LogP contribution in [-0.4, -0.2) is 12.6 Å². The van der Waals surface area contributed by atoms with Crippen LogP contribution in [-0.2, 0) is 6.42 Å². The van der Waals surface area contributed by atoms with Gasteiger partial charge in [0.05, 0.1) is 0 Å². The fourth-order valence-corrected chi connectivity index (χ4v) is 2.95. The molecule has 1 aliphatic carbocycles. The van der Waals surface area contributed by atoms with Crippen LogP contribution < -0.4 is 5.32 Å². The summed E-state index contributed by atoms with van der Waals surface area (Å²) in [5.74, 6) is -0.381. The predicted molar refractivity (Wildman–Crippen MR) is 69.5 cm³/mol. The molecule has 0 amide bonds. The number of hydrogen-bond donors (Lipinski definition) is 1. The maximum atomic E-state index is 13.6. The largest absolute Gasteiger partial charge is 0.314 e. The molecule has 18 heavy (non-hydrogen) atoms. The summed E-state index contributed by atoms with van der Waals surface area (Å²) < 4.78 is 26.4. The fraction of sp³-hybridized carbons (Fsp3) is 0.600. The maximum absolute atomic E-state index is 13.6. The molecule has 1 saturated carbocycles. The van der Waals surface area contributed by atoms with Crippen LogP contribution >= 0.6 is 0 Å². The Morgan fingerprint density at radius 2 is 2.11 bits per heavy atom. The first-order valence-electron chi connectivity index (χ1n) is 6.86. The standard InChI is InChI=1S/C15H21F2N/c1-2-18-14-5-3-4-11(9-14)8-12-6-7-13(16)10-15(12)17/h6-7,10-11,14,18H,2-5,8-9H2,1H3. The van der Waals surface area contributed by atoms with E-state index in [0.717, 1.165) is 31.9 Å². The molecule has 1 N–H and O–H groups in total. The molecule has 1 aromatic rings. The first kappa shape index (κ1) is 13.5. The lowest BCUT2D eigenvalue weighted by Crippen LogP contribution is -2.34. The molecule has 0 bridgehead atoms. The van der Waals surface area contributed by atoms with Gasteiger partial charge < -0.3 is 5.32 Å². The number of halogens is 2. The molecule has 0 aromatic heterocycles. The number of nitrogens with one attached hydrogen (secondary N) is 1. The third-order valence-electron chi connectivity index (χ3n) is 3.80. The molecule has 2 unspecified atom stereocenters. The van der Waals surface area contributed by atoms with Crippen molar-refractivity contribution in [2.24, 2.45) is 5.92 Å². The highest BCUT2D eigenvalue weighted by atomic mass is 19.1. The topological polar surface area (TPSA) is 12.0 Å². The van der Waals surface area contributed by atoms with Crippen molar-refractivity contribution < 1.29 is 8.78 Å². The van der Waals surface area contributed by atoms with E-state index >= 15 is 0 Å². The zero-order chi connectivity index (χ0) is 13.0. The van der Waals surface area contributed by atoms with Crippen molar-refractivity contribution in [1.82, 2.24) is 5.32 Å². The Labute approximate surface area is 108 Å². The first-order valence-corrected chi connectivity index (χ1v) is 6.86. The van der Waals surface area contributed by atoms with Crippen LogP contribution in [0, 0.1) is 17.6 Å². The minimum absolute atomic E-state index is 0.402. The molecule has 0 saturated heterocycles. The van der Waals surface area contributed by atoms with Crippen LogP contribution in [0.1, 0.15) is 38.2 Å². The van der Waals surface area contributed by atoms with Crippen molar-refractivity contribution in [3.63, 3.8) is 0 Å². The molecule has 3 heteroatoms. The highest BCUT2D eigenvalue weighted by Crippen LogP contribution is 2.28. The molecule has 1 aliphatic rings. The summed E-state index contributed by atoms with van der Waals surface area (Å²) in [6, 6.07) is 4.49. The van der Waals surface area contributed by atoms with Crippen LogP contribution in [0.4, 0.5) is 8.78 Å². The van der Waals surface area contributed by atoms with Gasteiger partial charge in [0.1, 0.15) is 11.6 Å². The van der Waals surface area contributed by atoms with E-state index in [0.29, 0.717) is 17.5 Å². The minimum Gasteiger partial charge on any atom is -0.314 e. The van der Waals surface area contributed by atoms with Crippen LogP contribution in [0.15, 0.2) is 18.2 Å². The molecule has 100 valence electrons. The van der Waals surface area contributed by atoms with E-state index in [1.54, 1.807) is 6.07 Å². The number of rotatable bonds is 4. The third kappa shape index (κ3) is 3.52. The Morgan fingerprint density at radius 3 is 2.83 bits per heavy atom. The van der Waals surface area contributed by atoms with Crippen molar-refractivity contribution in [1.29, 1.82) is 0 Å². The third-order valence-corrected chi connectivity index (χ3v) is 3.80. The van der Waals surface area contributed by atoms with E-state index in [1.165, 1.54) is 18.9 Å². The Bertz CT molecular complexity index is 390. The lowest BCUT2D eigenvalue weighted by Gasteiger charge is -2.29. The fourth-order valence-electron chi connectivity index (χ4n) is 2.95. The smallest absolute Gasteiger partial charge is 0.129 e. The van der Waals surface area contributed by atoms with E-state index < -0.39 is 11.6 Å².